The van der Waals surface area contributed by atoms with E-state index in [2.05, 4.69) is 9.88 Å². The Morgan fingerprint density at radius 2 is 2.08 bits per heavy atom. The van der Waals surface area contributed by atoms with E-state index in [9.17, 15) is 9.90 Å². The molecule has 1 atom stereocenters. The Labute approximate surface area is 154 Å². The molecule has 26 heavy (non-hydrogen) atoms. The number of para-hydroxylation sites is 1. The van der Waals surface area contributed by atoms with Gasteiger partial charge in [0.15, 0.2) is 5.78 Å². The van der Waals surface area contributed by atoms with E-state index in [1.165, 1.54) is 0 Å². The molecule has 138 valence electrons. The normalized spacial score (nSPS) is 20.0. The fourth-order valence-electron chi connectivity index (χ4n) is 3.50. The Morgan fingerprint density at radius 1 is 1.27 bits per heavy atom. The highest BCUT2D eigenvalue weighted by atomic mass is 16.5. The van der Waals surface area contributed by atoms with E-state index in [0.717, 1.165) is 43.9 Å². The molecule has 1 saturated heterocycles. The summed E-state index contributed by atoms with van der Waals surface area (Å²) < 4.78 is 5.84. The summed E-state index contributed by atoms with van der Waals surface area (Å²) in [5, 5.41) is 10.1. The van der Waals surface area contributed by atoms with Gasteiger partial charge in [-0.1, -0.05) is 18.2 Å². The molecule has 0 spiro atoms. The highest BCUT2D eigenvalue weighted by Crippen LogP contribution is 2.35. The van der Waals surface area contributed by atoms with Crippen molar-refractivity contribution in [2.75, 3.05) is 31.2 Å². The van der Waals surface area contributed by atoms with Crippen LogP contribution in [-0.4, -0.2) is 42.2 Å². The second-order valence-electron chi connectivity index (χ2n) is 7.06. The minimum absolute atomic E-state index is 0.0189. The van der Waals surface area contributed by atoms with Gasteiger partial charge in [0.05, 0.1) is 13.2 Å². The SMILES string of the molecule is CC(=O)c1ccc(N2CCC[C@@](CO)(CCOc3ccccc3)C2)nc1. The zero-order valence-electron chi connectivity index (χ0n) is 15.2. The molecular weight excluding hydrogens is 328 g/mol. The van der Waals surface area contributed by atoms with Crippen LogP contribution >= 0.6 is 0 Å². The fourth-order valence-corrected chi connectivity index (χ4v) is 3.50. The van der Waals surface area contributed by atoms with Crippen molar-refractivity contribution in [2.24, 2.45) is 5.41 Å². The number of Topliss-reactive ketones (excluding diaryl/α,β-unsaturated/α-hetero) is 1. The van der Waals surface area contributed by atoms with Crippen LogP contribution in [0.5, 0.6) is 5.75 Å². The summed E-state index contributed by atoms with van der Waals surface area (Å²) in [4.78, 5) is 18.1. The van der Waals surface area contributed by atoms with Gasteiger partial charge in [-0.15, -0.1) is 0 Å². The van der Waals surface area contributed by atoms with Crippen LogP contribution in [0.15, 0.2) is 48.7 Å². The molecule has 5 heteroatoms. The van der Waals surface area contributed by atoms with Gasteiger partial charge in [0.2, 0.25) is 0 Å². The van der Waals surface area contributed by atoms with Crippen LogP contribution < -0.4 is 9.64 Å². The van der Waals surface area contributed by atoms with Crippen molar-refractivity contribution in [3.8, 4) is 5.75 Å². The minimum Gasteiger partial charge on any atom is -0.494 e. The highest BCUT2D eigenvalue weighted by molar-refractivity contribution is 5.93. The van der Waals surface area contributed by atoms with E-state index in [1.54, 1.807) is 13.1 Å². The molecule has 1 aliphatic rings. The summed E-state index contributed by atoms with van der Waals surface area (Å²) in [5.41, 5.74) is 0.434. The molecular formula is C21H26N2O3. The molecule has 1 aromatic carbocycles. The van der Waals surface area contributed by atoms with Gasteiger partial charge in [0.25, 0.3) is 0 Å². The number of rotatable bonds is 7. The molecule has 0 aliphatic carbocycles. The Balaban J connectivity index is 1.63. The Bertz CT molecular complexity index is 718. The molecule has 3 rings (SSSR count). The number of hydrogen-bond donors (Lipinski definition) is 1. The maximum atomic E-state index is 11.4. The standard InChI is InChI=1S/C21H26N2O3/c1-17(25)18-8-9-20(22-14-18)23-12-5-10-21(15-23,16-24)11-13-26-19-6-3-2-4-7-19/h2-4,6-9,14,24H,5,10-13,15-16H2,1H3/t21-/m1/s1. The quantitative estimate of drug-likeness (QED) is 0.773. The second-order valence-corrected chi connectivity index (χ2v) is 7.06. The molecule has 1 fully saturated rings. The van der Waals surface area contributed by atoms with Gasteiger partial charge >= 0.3 is 0 Å². The highest BCUT2D eigenvalue weighted by Gasteiger charge is 2.35. The lowest BCUT2D eigenvalue weighted by atomic mass is 9.78. The second kappa shape index (κ2) is 8.32. The largest absolute Gasteiger partial charge is 0.494 e. The van der Waals surface area contributed by atoms with Crippen LogP contribution in [0.1, 0.15) is 36.5 Å². The zero-order valence-corrected chi connectivity index (χ0v) is 15.2. The van der Waals surface area contributed by atoms with Crippen molar-refractivity contribution in [1.29, 1.82) is 0 Å². The lowest BCUT2D eigenvalue weighted by Gasteiger charge is -2.42. The van der Waals surface area contributed by atoms with Crippen molar-refractivity contribution in [1.82, 2.24) is 4.98 Å². The van der Waals surface area contributed by atoms with Gasteiger partial charge in [0.1, 0.15) is 11.6 Å². The first-order chi connectivity index (χ1) is 12.6. The number of carbonyl (C=O) groups excluding carboxylic acids is 1. The number of aromatic nitrogens is 1. The molecule has 2 heterocycles. The molecule has 0 amide bonds. The van der Waals surface area contributed by atoms with Gasteiger partial charge in [0, 0.05) is 30.3 Å². The van der Waals surface area contributed by atoms with Crippen LogP contribution in [-0.2, 0) is 0 Å². The number of nitrogens with zero attached hydrogens (tertiary/aromatic N) is 2. The van der Waals surface area contributed by atoms with Gasteiger partial charge in [-0.3, -0.25) is 4.79 Å². The third-order valence-electron chi connectivity index (χ3n) is 5.12. The van der Waals surface area contributed by atoms with E-state index >= 15 is 0 Å². The van der Waals surface area contributed by atoms with Crippen molar-refractivity contribution >= 4 is 11.6 Å². The van der Waals surface area contributed by atoms with Gasteiger partial charge in [-0.25, -0.2) is 4.98 Å². The molecule has 0 unspecified atom stereocenters. The first-order valence-electron chi connectivity index (χ1n) is 9.13. The number of anilines is 1. The molecule has 2 aromatic rings. The number of piperidine rings is 1. The van der Waals surface area contributed by atoms with Crippen LogP contribution in [0.4, 0.5) is 5.82 Å². The maximum Gasteiger partial charge on any atom is 0.161 e. The van der Waals surface area contributed by atoms with Crippen LogP contribution in [0.25, 0.3) is 0 Å². The summed E-state index contributed by atoms with van der Waals surface area (Å²) >= 11 is 0. The van der Waals surface area contributed by atoms with E-state index in [-0.39, 0.29) is 17.8 Å². The molecule has 1 aromatic heterocycles. The third kappa shape index (κ3) is 4.41. The summed E-state index contributed by atoms with van der Waals surface area (Å²) in [6.07, 6.45) is 4.40. The van der Waals surface area contributed by atoms with Gasteiger partial charge in [-0.2, -0.15) is 0 Å². The van der Waals surface area contributed by atoms with Crippen molar-refractivity contribution in [3.05, 3.63) is 54.2 Å². The smallest absolute Gasteiger partial charge is 0.161 e. The first-order valence-corrected chi connectivity index (χ1v) is 9.13. The van der Waals surface area contributed by atoms with E-state index in [4.69, 9.17) is 4.74 Å². The molecule has 0 bridgehead atoms. The molecule has 1 aliphatic heterocycles. The average Bonchev–Trinajstić information content (AvgIpc) is 2.69. The Hall–Kier alpha value is -2.40. The van der Waals surface area contributed by atoms with Gasteiger partial charge < -0.3 is 14.7 Å². The van der Waals surface area contributed by atoms with Gasteiger partial charge in [-0.05, 0) is 50.5 Å². The van der Waals surface area contributed by atoms with Crippen LogP contribution in [0, 0.1) is 5.41 Å². The fraction of sp³-hybridized carbons (Fsp3) is 0.429. The van der Waals surface area contributed by atoms with Crippen molar-refractivity contribution < 1.29 is 14.6 Å². The molecule has 0 radical (unpaired) electrons. The summed E-state index contributed by atoms with van der Waals surface area (Å²) in [5.74, 6) is 1.73. The number of benzene rings is 1. The molecule has 0 saturated carbocycles. The third-order valence-corrected chi connectivity index (χ3v) is 5.12. The lowest BCUT2D eigenvalue weighted by molar-refractivity contribution is 0.0792. The average molecular weight is 354 g/mol. The first kappa shape index (κ1) is 18.4. The van der Waals surface area contributed by atoms with Crippen LogP contribution in [0.2, 0.25) is 0 Å². The summed E-state index contributed by atoms with van der Waals surface area (Å²) in [7, 11) is 0. The topological polar surface area (TPSA) is 62.7 Å². The van der Waals surface area contributed by atoms with E-state index in [0.29, 0.717) is 12.2 Å². The van der Waals surface area contributed by atoms with Crippen LogP contribution in [0.3, 0.4) is 0 Å². The molecule has 1 N–H and O–H groups in total. The Morgan fingerprint density at radius 3 is 2.73 bits per heavy atom. The molecule has 5 nitrogen and oxygen atoms in total. The number of carbonyl (C=O) groups is 1. The number of ether oxygens (including phenoxy) is 1. The monoisotopic (exact) mass is 354 g/mol. The number of aliphatic hydroxyl groups excluding tert-OH is 1. The maximum absolute atomic E-state index is 11.4. The van der Waals surface area contributed by atoms with Crippen molar-refractivity contribution in [2.45, 2.75) is 26.2 Å². The zero-order chi connectivity index (χ0) is 18.4. The number of aliphatic hydroxyl groups is 1. The number of hydrogen-bond acceptors (Lipinski definition) is 5. The summed E-state index contributed by atoms with van der Waals surface area (Å²) in [6.45, 7) is 3.91. The minimum atomic E-state index is -0.187. The lowest BCUT2D eigenvalue weighted by Crippen LogP contribution is -2.46. The predicted molar refractivity (Wildman–Crippen MR) is 102 cm³/mol. The number of ketones is 1. The van der Waals surface area contributed by atoms with E-state index < -0.39 is 0 Å². The van der Waals surface area contributed by atoms with Crippen molar-refractivity contribution in [3.63, 3.8) is 0 Å². The number of pyridine rings is 1. The Kier molecular flexibility index (Phi) is 5.89. The summed E-state index contributed by atoms with van der Waals surface area (Å²) in [6, 6.07) is 13.5. The van der Waals surface area contributed by atoms with E-state index in [1.807, 2.05) is 42.5 Å². The predicted octanol–water partition coefficient (Wildman–Crippen LogP) is 3.33.